The highest BCUT2D eigenvalue weighted by molar-refractivity contribution is 6.01. The predicted molar refractivity (Wildman–Crippen MR) is 91.6 cm³/mol. The highest BCUT2D eigenvalue weighted by Gasteiger charge is 2.53. The fraction of sp³-hybridized carbons (Fsp3) is 0.333. The number of rotatable bonds is 4. The van der Waals surface area contributed by atoms with Crippen molar-refractivity contribution in [3.05, 3.63) is 59.7 Å². The molecule has 0 unspecified atom stereocenters. The lowest BCUT2D eigenvalue weighted by molar-refractivity contribution is -0.144. The van der Waals surface area contributed by atoms with E-state index in [1.165, 1.54) is 12.1 Å². The molecule has 134 valence electrons. The van der Waals surface area contributed by atoms with Crippen molar-refractivity contribution in [2.75, 3.05) is 0 Å². The van der Waals surface area contributed by atoms with Crippen LogP contribution in [0.25, 0.3) is 11.1 Å². The number of aliphatic carboxylic acids is 1. The van der Waals surface area contributed by atoms with Crippen LogP contribution in [0.15, 0.2) is 42.5 Å². The number of Topliss-reactive ketones (excluding diaryl/α,β-unsaturated/α-hetero) is 1. The molecular formula is C21H18F2O3. The second-order valence-electron chi connectivity index (χ2n) is 7.29. The number of carbonyl (C=O) groups is 2. The van der Waals surface area contributed by atoms with Crippen molar-refractivity contribution < 1.29 is 23.5 Å². The van der Waals surface area contributed by atoms with E-state index >= 15 is 0 Å². The summed E-state index contributed by atoms with van der Waals surface area (Å²) in [6.45, 7) is 0. The second kappa shape index (κ2) is 6.31. The lowest BCUT2D eigenvalue weighted by atomic mass is 9.75. The minimum absolute atomic E-state index is 0.0963. The van der Waals surface area contributed by atoms with Gasteiger partial charge in [0.25, 0.3) is 0 Å². The zero-order valence-corrected chi connectivity index (χ0v) is 14.0. The fourth-order valence-corrected chi connectivity index (χ4v) is 4.75. The lowest BCUT2D eigenvalue weighted by Crippen LogP contribution is -2.34. The maximum Gasteiger partial charge on any atom is 0.307 e. The molecule has 1 N–H and O–H groups in total. The highest BCUT2D eigenvalue weighted by Crippen LogP contribution is 2.53. The van der Waals surface area contributed by atoms with E-state index in [1.54, 1.807) is 24.3 Å². The van der Waals surface area contributed by atoms with Gasteiger partial charge in [0, 0.05) is 23.1 Å². The van der Waals surface area contributed by atoms with Crippen LogP contribution >= 0.6 is 0 Å². The van der Waals surface area contributed by atoms with E-state index in [1.807, 2.05) is 0 Å². The Bertz CT molecular complexity index is 875. The summed E-state index contributed by atoms with van der Waals surface area (Å²) in [5.74, 6) is -3.18. The summed E-state index contributed by atoms with van der Waals surface area (Å²) >= 11 is 0. The van der Waals surface area contributed by atoms with Crippen LogP contribution in [0.5, 0.6) is 0 Å². The summed E-state index contributed by atoms with van der Waals surface area (Å²) in [5, 5.41) is 9.52. The smallest absolute Gasteiger partial charge is 0.307 e. The lowest BCUT2D eigenvalue weighted by Gasteiger charge is -2.27. The molecule has 0 saturated heterocycles. The largest absolute Gasteiger partial charge is 0.481 e. The summed E-state index contributed by atoms with van der Waals surface area (Å²) in [4.78, 5) is 24.5. The van der Waals surface area contributed by atoms with E-state index in [-0.39, 0.29) is 23.2 Å². The molecule has 2 aromatic carbocycles. The van der Waals surface area contributed by atoms with Gasteiger partial charge >= 0.3 is 5.97 Å². The van der Waals surface area contributed by atoms with Crippen LogP contribution in [0.4, 0.5) is 8.78 Å². The van der Waals surface area contributed by atoms with Gasteiger partial charge in [-0.05, 0) is 48.8 Å². The first-order chi connectivity index (χ1) is 12.5. The molecule has 2 saturated carbocycles. The van der Waals surface area contributed by atoms with Crippen molar-refractivity contribution >= 4 is 11.8 Å². The second-order valence-corrected chi connectivity index (χ2v) is 7.29. The zero-order chi connectivity index (χ0) is 18.4. The molecule has 0 spiro atoms. The van der Waals surface area contributed by atoms with Gasteiger partial charge in [0.15, 0.2) is 5.78 Å². The molecule has 3 nitrogen and oxygen atoms in total. The molecule has 4 atom stereocenters. The van der Waals surface area contributed by atoms with Gasteiger partial charge in [0.1, 0.15) is 11.6 Å². The van der Waals surface area contributed by atoms with Crippen LogP contribution in [-0.2, 0) is 4.79 Å². The van der Waals surface area contributed by atoms with Gasteiger partial charge in [-0.2, -0.15) is 0 Å². The van der Waals surface area contributed by atoms with Crippen LogP contribution < -0.4 is 0 Å². The summed E-state index contributed by atoms with van der Waals surface area (Å²) in [7, 11) is 0. The molecule has 2 aromatic rings. The monoisotopic (exact) mass is 356 g/mol. The Kier molecular flexibility index (Phi) is 4.10. The highest BCUT2D eigenvalue weighted by atomic mass is 19.1. The number of benzene rings is 2. The molecule has 2 fully saturated rings. The van der Waals surface area contributed by atoms with Crippen molar-refractivity contribution in [3.63, 3.8) is 0 Å². The summed E-state index contributed by atoms with van der Waals surface area (Å²) in [6.07, 6.45) is 2.60. The number of carboxylic acid groups (broad SMARTS) is 1. The molecule has 4 rings (SSSR count). The van der Waals surface area contributed by atoms with Crippen LogP contribution in [0.1, 0.15) is 29.6 Å². The number of fused-ring (bicyclic) bond motifs is 2. The van der Waals surface area contributed by atoms with Crippen molar-refractivity contribution in [3.8, 4) is 11.1 Å². The van der Waals surface area contributed by atoms with E-state index in [4.69, 9.17) is 0 Å². The minimum atomic E-state index is -0.888. The molecule has 0 amide bonds. The third kappa shape index (κ3) is 2.71. The van der Waals surface area contributed by atoms with E-state index < -0.39 is 29.4 Å². The first-order valence-corrected chi connectivity index (χ1v) is 8.78. The van der Waals surface area contributed by atoms with Crippen molar-refractivity contribution in [2.45, 2.75) is 19.3 Å². The van der Waals surface area contributed by atoms with Crippen LogP contribution in [0, 0.1) is 35.3 Å². The molecule has 2 bridgehead atoms. The quantitative estimate of drug-likeness (QED) is 0.817. The van der Waals surface area contributed by atoms with Gasteiger partial charge in [-0.3, -0.25) is 9.59 Å². The molecule has 0 aliphatic heterocycles. The van der Waals surface area contributed by atoms with E-state index in [0.717, 1.165) is 25.3 Å². The number of halogens is 2. The normalized spacial score (nSPS) is 26.8. The third-order valence-corrected chi connectivity index (χ3v) is 5.92. The maximum absolute atomic E-state index is 13.9. The van der Waals surface area contributed by atoms with Crippen molar-refractivity contribution in [1.29, 1.82) is 0 Å². The van der Waals surface area contributed by atoms with Gasteiger partial charge in [0.05, 0.1) is 5.92 Å². The summed E-state index contributed by atoms with van der Waals surface area (Å²) in [5.41, 5.74) is 1.25. The van der Waals surface area contributed by atoms with E-state index in [9.17, 15) is 23.5 Å². The molecule has 26 heavy (non-hydrogen) atoms. The van der Waals surface area contributed by atoms with Crippen molar-refractivity contribution in [1.82, 2.24) is 0 Å². The average molecular weight is 356 g/mol. The zero-order valence-electron chi connectivity index (χ0n) is 14.0. The average Bonchev–Trinajstić information content (AvgIpc) is 3.22. The van der Waals surface area contributed by atoms with Gasteiger partial charge < -0.3 is 5.11 Å². The maximum atomic E-state index is 13.9. The molecule has 2 aliphatic rings. The number of carbonyl (C=O) groups excluding carboxylic acids is 1. The first kappa shape index (κ1) is 16.9. The summed E-state index contributed by atoms with van der Waals surface area (Å²) < 4.78 is 27.0. The first-order valence-electron chi connectivity index (χ1n) is 8.78. The number of ketones is 1. The van der Waals surface area contributed by atoms with Gasteiger partial charge in [-0.25, -0.2) is 8.78 Å². The Morgan fingerprint density at radius 1 is 0.923 bits per heavy atom. The SMILES string of the molecule is O=C(O)[C@@H]1[C@H]2CC[C@@H](C2)[C@H]1C(=O)c1ccc(-c2ccc(F)cc2F)cc1. The Balaban J connectivity index is 1.61. The van der Waals surface area contributed by atoms with Crippen LogP contribution in [0.2, 0.25) is 0 Å². The third-order valence-electron chi connectivity index (χ3n) is 5.92. The van der Waals surface area contributed by atoms with Gasteiger partial charge in [0.2, 0.25) is 0 Å². The minimum Gasteiger partial charge on any atom is -0.481 e. The Labute approximate surface area is 149 Å². The molecular weight excluding hydrogens is 338 g/mol. The standard InChI is InChI=1S/C21H18F2O3/c22-15-7-8-16(17(23)10-15)11-1-3-12(4-2-11)20(24)18-13-5-6-14(9-13)19(18)21(25)26/h1-4,7-8,10,13-14,18-19H,5-6,9H2,(H,25,26)/t13-,14-,18+,19+/m0/s1. The van der Waals surface area contributed by atoms with E-state index in [0.29, 0.717) is 11.1 Å². The van der Waals surface area contributed by atoms with Crippen LogP contribution in [0.3, 0.4) is 0 Å². The number of carboxylic acids is 1. The molecule has 5 heteroatoms. The molecule has 2 aliphatic carbocycles. The molecule has 0 heterocycles. The number of hydrogen-bond donors (Lipinski definition) is 1. The van der Waals surface area contributed by atoms with Crippen LogP contribution in [-0.4, -0.2) is 16.9 Å². The van der Waals surface area contributed by atoms with Gasteiger partial charge in [-0.1, -0.05) is 24.3 Å². The van der Waals surface area contributed by atoms with Gasteiger partial charge in [-0.15, -0.1) is 0 Å². The topological polar surface area (TPSA) is 54.4 Å². The fourth-order valence-electron chi connectivity index (χ4n) is 4.75. The Morgan fingerprint density at radius 3 is 2.19 bits per heavy atom. The molecule has 0 radical (unpaired) electrons. The summed E-state index contributed by atoms with van der Waals surface area (Å²) in [6, 6.07) is 9.80. The Hall–Kier alpha value is -2.56. The predicted octanol–water partition coefficient (Wildman–Crippen LogP) is 4.56. The molecule has 0 aromatic heterocycles. The number of hydrogen-bond acceptors (Lipinski definition) is 2. The van der Waals surface area contributed by atoms with E-state index in [2.05, 4.69) is 0 Å². The van der Waals surface area contributed by atoms with Crippen molar-refractivity contribution in [2.24, 2.45) is 23.7 Å². The Morgan fingerprint density at radius 2 is 1.58 bits per heavy atom.